The molecule has 0 unspecified atom stereocenters. The first-order valence-corrected chi connectivity index (χ1v) is 8.34. The Balaban J connectivity index is 1.52. The first-order valence-electron chi connectivity index (χ1n) is 8.34. The molecular weight excluding hydrogens is 312 g/mol. The Labute approximate surface area is 146 Å². The number of nitrogens with zero attached hydrogens (tertiary/aromatic N) is 3. The topological polar surface area (TPSA) is 58.1 Å². The second kappa shape index (κ2) is 6.73. The van der Waals surface area contributed by atoms with E-state index in [4.69, 9.17) is 0 Å². The Morgan fingerprint density at radius 1 is 1.04 bits per heavy atom. The maximum absolute atomic E-state index is 12.2. The summed E-state index contributed by atoms with van der Waals surface area (Å²) >= 11 is 0. The number of hydrogen-bond acceptors (Lipinski definition) is 4. The molecule has 0 radical (unpaired) electrons. The van der Waals surface area contributed by atoms with Gasteiger partial charge in [-0.15, -0.1) is 0 Å². The second-order valence-corrected chi connectivity index (χ2v) is 5.98. The van der Waals surface area contributed by atoms with Crippen LogP contribution in [0, 0.1) is 0 Å². The van der Waals surface area contributed by atoms with E-state index in [1.165, 1.54) is 11.3 Å². The summed E-state index contributed by atoms with van der Waals surface area (Å²) in [5.74, 6) is 0.706. The van der Waals surface area contributed by atoms with Gasteiger partial charge in [0.1, 0.15) is 5.82 Å². The smallest absolute Gasteiger partial charge is 0.257 e. The lowest BCUT2D eigenvalue weighted by molar-refractivity contribution is 0.102. The normalized spacial score (nSPS) is 13.2. The number of carbonyl (C=O) groups is 1. The molecule has 1 N–H and O–H groups in total. The number of rotatable bonds is 3. The maximum atomic E-state index is 12.2. The van der Waals surface area contributed by atoms with Crippen LogP contribution in [-0.2, 0) is 6.42 Å². The van der Waals surface area contributed by atoms with Gasteiger partial charge in [-0.2, -0.15) is 0 Å². The fourth-order valence-corrected chi connectivity index (χ4v) is 3.09. The molecule has 0 spiro atoms. The van der Waals surface area contributed by atoms with Gasteiger partial charge in [0.05, 0.1) is 17.4 Å². The lowest BCUT2D eigenvalue weighted by Gasteiger charge is -2.30. The summed E-state index contributed by atoms with van der Waals surface area (Å²) in [7, 11) is 0. The van der Waals surface area contributed by atoms with Crippen molar-refractivity contribution in [1.82, 2.24) is 9.97 Å². The van der Waals surface area contributed by atoms with Crippen LogP contribution in [0.1, 0.15) is 22.3 Å². The number of hydrogen-bond donors (Lipinski definition) is 1. The molecule has 0 aliphatic carbocycles. The quantitative estimate of drug-likeness (QED) is 0.793. The molecule has 3 heterocycles. The number of anilines is 3. The zero-order valence-corrected chi connectivity index (χ0v) is 13.7. The number of para-hydroxylation sites is 1. The van der Waals surface area contributed by atoms with Crippen LogP contribution in [0.15, 0.2) is 67.1 Å². The minimum Gasteiger partial charge on any atom is -0.326 e. The molecule has 1 aliphatic rings. The summed E-state index contributed by atoms with van der Waals surface area (Å²) in [6.45, 7) is 0.950. The molecule has 25 heavy (non-hydrogen) atoms. The van der Waals surface area contributed by atoms with E-state index in [-0.39, 0.29) is 5.91 Å². The van der Waals surface area contributed by atoms with Crippen molar-refractivity contribution >= 4 is 23.1 Å². The van der Waals surface area contributed by atoms with Crippen molar-refractivity contribution in [3.63, 3.8) is 0 Å². The number of aryl methyl sites for hydroxylation is 1. The van der Waals surface area contributed by atoms with E-state index in [9.17, 15) is 4.79 Å². The van der Waals surface area contributed by atoms with Gasteiger partial charge in [0.2, 0.25) is 0 Å². The van der Waals surface area contributed by atoms with Gasteiger partial charge in [-0.3, -0.25) is 9.78 Å². The highest BCUT2D eigenvalue weighted by atomic mass is 16.1. The van der Waals surface area contributed by atoms with Crippen molar-refractivity contribution in [3.05, 3.63) is 78.2 Å². The van der Waals surface area contributed by atoms with Crippen molar-refractivity contribution in [3.8, 4) is 0 Å². The Bertz CT molecular complexity index is 878. The van der Waals surface area contributed by atoms with Crippen LogP contribution in [0.2, 0.25) is 0 Å². The lowest BCUT2D eigenvalue weighted by Crippen LogP contribution is -2.25. The minimum absolute atomic E-state index is 0.189. The highest BCUT2D eigenvalue weighted by molar-refractivity contribution is 6.03. The van der Waals surface area contributed by atoms with Crippen molar-refractivity contribution in [1.29, 1.82) is 0 Å². The fourth-order valence-electron chi connectivity index (χ4n) is 3.09. The largest absolute Gasteiger partial charge is 0.326 e. The van der Waals surface area contributed by atoms with Crippen LogP contribution < -0.4 is 10.2 Å². The summed E-state index contributed by atoms with van der Waals surface area (Å²) in [6, 6.07) is 15.7. The van der Waals surface area contributed by atoms with E-state index >= 15 is 0 Å². The second-order valence-electron chi connectivity index (χ2n) is 5.98. The van der Waals surface area contributed by atoms with Crippen LogP contribution >= 0.6 is 0 Å². The number of carbonyl (C=O) groups excluding carboxylic acids is 1. The fraction of sp³-hybridized carbons (Fsp3) is 0.150. The summed E-state index contributed by atoms with van der Waals surface area (Å²) < 4.78 is 0. The highest BCUT2D eigenvalue weighted by Gasteiger charge is 2.18. The molecule has 5 heteroatoms. The molecule has 2 aromatic heterocycles. The number of benzene rings is 1. The number of amides is 1. The molecule has 0 atom stereocenters. The van der Waals surface area contributed by atoms with E-state index in [1.807, 2.05) is 12.1 Å². The molecule has 0 bridgehead atoms. The first kappa shape index (κ1) is 15.3. The van der Waals surface area contributed by atoms with E-state index in [1.54, 1.807) is 30.7 Å². The van der Waals surface area contributed by atoms with Gasteiger partial charge >= 0.3 is 0 Å². The standard InChI is InChI=1S/C20H18N4O/c25-20(16-6-3-11-21-13-16)23-17-9-10-19(22-14-17)24-12-4-7-15-5-1-2-8-18(15)24/h1-3,5-6,8-11,13-14H,4,7,12H2,(H,23,25). The van der Waals surface area contributed by atoms with Crippen LogP contribution in [0.3, 0.4) is 0 Å². The van der Waals surface area contributed by atoms with Gasteiger partial charge in [-0.25, -0.2) is 4.98 Å². The van der Waals surface area contributed by atoms with E-state index in [0.29, 0.717) is 11.3 Å². The average Bonchev–Trinajstić information content (AvgIpc) is 2.69. The molecule has 0 saturated heterocycles. The van der Waals surface area contributed by atoms with Crippen molar-refractivity contribution in [2.24, 2.45) is 0 Å². The zero-order chi connectivity index (χ0) is 17.1. The molecule has 1 aromatic carbocycles. The van der Waals surface area contributed by atoms with Gasteiger partial charge in [-0.1, -0.05) is 18.2 Å². The predicted molar refractivity (Wildman–Crippen MR) is 98.2 cm³/mol. The third-order valence-corrected chi connectivity index (χ3v) is 4.32. The number of pyridine rings is 2. The van der Waals surface area contributed by atoms with Gasteiger partial charge in [0, 0.05) is 24.6 Å². The molecule has 124 valence electrons. The third kappa shape index (κ3) is 3.21. The number of aromatic nitrogens is 2. The van der Waals surface area contributed by atoms with Crippen LogP contribution in [0.4, 0.5) is 17.2 Å². The summed E-state index contributed by atoms with van der Waals surface area (Å²) in [6.07, 6.45) is 7.09. The molecule has 0 fully saturated rings. The highest BCUT2D eigenvalue weighted by Crippen LogP contribution is 2.32. The van der Waals surface area contributed by atoms with Gasteiger partial charge in [-0.05, 0) is 48.7 Å². The Hall–Kier alpha value is -3.21. The first-order chi connectivity index (χ1) is 12.3. The summed E-state index contributed by atoms with van der Waals surface area (Å²) in [5.41, 5.74) is 3.76. The molecule has 1 amide bonds. The van der Waals surface area contributed by atoms with E-state index in [0.717, 1.165) is 25.2 Å². The number of fused-ring (bicyclic) bond motifs is 1. The molecule has 3 aromatic rings. The van der Waals surface area contributed by atoms with Gasteiger partial charge in [0.25, 0.3) is 5.91 Å². The summed E-state index contributed by atoms with van der Waals surface area (Å²) in [4.78, 5) is 22.9. The van der Waals surface area contributed by atoms with Crippen molar-refractivity contribution in [2.45, 2.75) is 12.8 Å². The maximum Gasteiger partial charge on any atom is 0.257 e. The monoisotopic (exact) mass is 330 g/mol. The predicted octanol–water partition coefficient (Wildman–Crippen LogP) is 3.81. The van der Waals surface area contributed by atoms with Gasteiger partial charge < -0.3 is 10.2 Å². The van der Waals surface area contributed by atoms with Crippen molar-refractivity contribution < 1.29 is 4.79 Å². The molecular formula is C20H18N4O. The molecule has 4 rings (SSSR count). The Kier molecular flexibility index (Phi) is 4.12. The lowest BCUT2D eigenvalue weighted by atomic mass is 10.0. The average molecular weight is 330 g/mol. The summed E-state index contributed by atoms with van der Waals surface area (Å²) in [5, 5.41) is 2.85. The van der Waals surface area contributed by atoms with Crippen LogP contribution in [0.5, 0.6) is 0 Å². The Morgan fingerprint density at radius 2 is 1.96 bits per heavy atom. The molecule has 1 aliphatic heterocycles. The third-order valence-electron chi connectivity index (χ3n) is 4.32. The zero-order valence-electron chi connectivity index (χ0n) is 13.7. The number of nitrogens with one attached hydrogen (secondary N) is 1. The van der Waals surface area contributed by atoms with Crippen LogP contribution in [0.25, 0.3) is 0 Å². The SMILES string of the molecule is O=C(Nc1ccc(N2CCCc3ccccc32)nc1)c1cccnc1. The van der Waals surface area contributed by atoms with Crippen LogP contribution in [-0.4, -0.2) is 22.4 Å². The van der Waals surface area contributed by atoms with E-state index in [2.05, 4.69) is 44.5 Å². The Morgan fingerprint density at radius 3 is 2.76 bits per heavy atom. The minimum atomic E-state index is -0.189. The molecule has 5 nitrogen and oxygen atoms in total. The van der Waals surface area contributed by atoms with Crippen molar-refractivity contribution in [2.75, 3.05) is 16.8 Å². The van der Waals surface area contributed by atoms with Gasteiger partial charge in [0.15, 0.2) is 0 Å². The molecule has 0 saturated carbocycles. The van der Waals surface area contributed by atoms with E-state index < -0.39 is 0 Å².